The fourth-order valence-electron chi connectivity index (χ4n) is 3.08. The summed E-state index contributed by atoms with van der Waals surface area (Å²) >= 11 is 0. The molecule has 0 aliphatic heterocycles. The number of esters is 1. The van der Waals surface area contributed by atoms with Crippen LogP contribution in [-0.2, 0) is 4.79 Å². The van der Waals surface area contributed by atoms with Crippen molar-refractivity contribution in [1.29, 1.82) is 0 Å². The number of rotatable bonds is 6. The molecule has 2 rings (SSSR count). The first-order chi connectivity index (χ1) is 10.2. The molecule has 1 saturated carbocycles. The number of unbranched alkanes of at least 4 members (excludes halogenated alkanes) is 2. The van der Waals surface area contributed by atoms with Gasteiger partial charge in [-0.3, -0.25) is 9.78 Å². The molecule has 0 unspecified atom stereocenters. The van der Waals surface area contributed by atoms with Gasteiger partial charge in [-0.1, -0.05) is 32.6 Å². The summed E-state index contributed by atoms with van der Waals surface area (Å²) in [5.74, 6) is 1.39. The van der Waals surface area contributed by atoms with Crippen LogP contribution in [0.2, 0.25) is 0 Å². The highest BCUT2D eigenvalue weighted by Crippen LogP contribution is 2.32. The lowest BCUT2D eigenvalue weighted by atomic mass is 9.80. The lowest BCUT2D eigenvalue weighted by molar-refractivity contribution is -0.140. The van der Waals surface area contributed by atoms with E-state index in [4.69, 9.17) is 4.74 Å². The molecule has 0 radical (unpaired) electrons. The average molecular weight is 289 g/mol. The van der Waals surface area contributed by atoms with Crippen molar-refractivity contribution in [2.45, 2.75) is 65.2 Å². The quantitative estimate of drug-likeness (QED) is 0.563. The molecule has 0 atom stereocenters. The molecular formula is C18H27NO2. The van der Waals surface area contributed by atoms with Gasteiger partial charge in [-0.15, -0.1) is 0 Å². The van der Waals surface area contributed by atoms with Crippen LogP contribution in [-0.4, -0.2) is 11.0 Å². The third kappa shape index (κ3) is 5.14. The van der Waals surface area contributed by atoms with E-state index in [0.717, 1.165) is 24.5 Å². The van der Waals surface area contributed by atoms with Crippen molar-refractivity contribution in [3.63, 3.8) is 0 Å². The van der Waals surface area contributed by atoms with Gasteiger partial charge in [0.15, 0.2) is 0 Å². The van der Waals surface area contributed by atoms with Crippen LogP contribution >= 0.6 is 0 Å². The second-order valence-corrected chi connectivity index (χ2v) is 6.27. The maximum atomic E-state index is 12.2. The van der Waals surface area contributed by atoms with Crippen molar-refractivity contribution >= 4 is 5.97 Å². The SMILES string of the molecule is CCCCC[C@H]1CC[C@H](C(=O)Oc2ccc(C)nc2)CC1. The molecule has 0 aromatic carbocycles. The molecule has 0 saturated heterocycles. The maximum Gasteiger partial charge on any atom is 0.314 e. The molecule has 1 aliphatic rings. The Bertz CT molecular complexity index is 433. The third-order valence-corrected chi connectivity index (χ3v) is 4.50. The van der Waals surface area contributed by atoms with E-state index in [9.17, 15) is 4.79 Å². The van der Waals surface area contributed by atoms with E-state index < -0.39 is 0 Å². The molecule has 0 N–H and O–H groups in total. The van der Waals surface area contributed by atoms with Gasteiger partial charge in [0, 0.05) is 5.69 Å². The van der Waals surface area contributed by atoms with Crippen LogP contribution < -0.4 is 4.74 Å². The lowest BCUT2D eigenvalue weighted by Gasteiger charge is -2.27. The van der Waals surface area contributed by atoms with Gasteiger partial charge in [-0.05, 0) is 50.7 Å². The Morgan fingerprint density at radius 3 is 2.62 bits per heavy atom. The molecule has 1 aromatic rings. The highest BCUT2D eigenvalue weighted by atomic mass is 16.5. The van der Waals surface area contributed by atoms with Crippen LogP contribution in [0.15, 0.2) is 18.3 Å². The zero-order valence-electron chi connectivity index (χ0n) is 13.3. The van der Waals surface area contributed by atoms with E-state index in [1.807, 2.05) is 19.1 Å². The first-order valence-electron chi connectivity index (χ1n) is 8.33. The van der Waals surface area contributed by atoms with Crippen LogP contribution in [0.4, 0.5) is 0 Å². The number of pyridine rings is 1. The Labute approximate surface area is 128 Å². The predicted molar refractivity (Wildman–Crippen MR) is 84.2 cm³/mol. The van der Waals surface area contributed by atoms with Crippen molar-refractivity contribution in [2.75, 3.05) is 0 Å². The Morgan fingerprint density at radius 2 is 2.00 bits per heavy atom. The molecule has 3 heteroatoms. The summed E-state index contributed by atoms with van der Waals surface area (Å²) in [4.78, 5) is 16.3. The van der Waals surface area contributed by atoms with Crippen LogP contribution in [0.3, 0.4) is 0 Å². The van der Waals surface area contributed by atoms with Crippen molar-refractivity contribution in [1.82, 2.24) is 4.98 Å². The molecule has 1 aliphatic carbocycles. The molecular weight excluding hydrogens is 262 g/mol. The van der Waals surface area contributed by atoms with Crippen molar-refractivity contribution in [3.8, 4) is 5.75 Å². The van der Waals surface area contributed by atoms with Gasteiger partial charge in [-0.2, -0.15) is 0 Å². The summed E-state index contributed by atoms with van der Waals surface area (Å²) in [5, 5.41) is 0. The van der Waals surface area contributed by atoms with Gasteiger partial charge in [-0.25, -0.2) is 0 Å². The third-order valence-electron chi connectivity index (χ3n) is 4.50. The highest BCUT2D eigenvalue weighted by Gasteiger charge is 2.27. The van der Waals surface area contributed by atoms with Gasteiger partial charge in [0.05, 0.1) is 12.1 Å². The molecule has 0 bridgehead atoms. The van der Waals surface area contributed by atoms with E-state index >= 15 is 0 Å². The van der Waals surface area contributed by atoms with E-state index in [2.05, 4.69) is 11.9 Å². The number of carbonyl (C=O) groups is 1. The Kier molecular flexibility index (Phi) is 6.21. The fourth-order valence-corrected chi connectivity index (χ4v) is 3.08. The van der Waals surface area contributed by atoms with E-state index in [1.54, 1.807) is 6.20 Å². The van der Waals surface area contributed by atoms with Gasteiger partial charge < -0.3 is 4.74 Å². The van der Waals surface area contributed by atoms with Crippen molar-refractivity contribution in [3.05, 3.63) is 24.0 Å². The van der Waals surface area contributed by atoms with Gasteiger partial charge in [0.2, 0.25) is 0 Å². The molecule has 116 valence electrons. The smallest absolute Gasteiger partial charge is 0.314 e. The number of ether oxygens (including phenoxy) is 1. The molecule has 0 amide bonds. The minimum atomic E-state index is -0.0762. The van der Waals surface area contributed by atoms with Crippen LogP contribution in [0.1, 0.15) is 64.0 Å². The average Bonchev–Trinajstić information content (AvgIpc) is 2.50. The monoisotopic (exact) mass is 289 g/mol. The fraction of sp³-hybridized carbons (Fsp3) is 0.667. The van der Waals surface area contributed by atoms with Gasteiger partial charge in [0.25, 0.3) is 0 Å². The van der Waals surface area contributed by atoms with E-state index in [0.29, 0.717) is 5.75 Å². The van der Waals surface area contributed by atoms with Gasteiger partial charge in [0.1, 0.15) is 5.75 Å². The molecule has 1 aromatic heterocycles. The highest BCUT2D eigenvalue weighted by molar-refractivity contribution is 5.75. The molecule has 1 fully saturated rings. The Hall–Kier alpha value is -1.38. The minimum absolute atomic E-state index is 0.0762. The van der Waals surface area contributed by atoms with Crippen LogP contribution in [0, 0.1) is 18.8 Å². The first-order valence-corrected chi connectivity index (χ1v) is 8.33. The molecule has 21 heavy (non-hydrogen) atoms. The largest absolute Gasteiger partial charge is 0.425 e. The lowest BCUT2D eigenvalue weighted by Crippen LogP contribution is -2.25. The van der Waals surface area contributed by atoms with Gasteiger partial charge >= 0.3 is 5.97 Å². The standard InChI is InChI=1S/C18H27NO2/c1-3-4-5-6-15-8-10-16(11-9-15)18(20)21-17-12-7-14(2)19-13-17/h7,12-13,15-16H,3-6,8-11H2,1-2H3/t15-,16-. The summed E-state index contributed by atoms with van der Waals surface area (Å²) < 4.78 is 5.44. The van der Waals surface area contributed by atoms with E-state index in [-0.39, 0.29) is 11.9 Å². The van der Waals surface area contributed by atoms with Crippen LogP contribution in [0.25, 0.3) is 0 Å². The number of aromatic nitrogens is 1. The maximum absolute atomic E-state index is 12.2. The molecule has 0 spiro atoms. The molecule has 1 heterocycles. The first kappa shape index (κ1) is 16.0. The summed E-state index contributed by atoms with van der Waals surface area (Å²) in [6.45, 7) is 4.16. The topological polar surface area (TPSA) is 39.2 Å². The zero-order chi connectivity index (χ0) is 15.1. The second kappa shape index (κ2) is 8.16. The summed E-state index contributed by atoms with van der Waals surface area (Å²) in [6.07, 6.45) is 11.2. The number of hydrogen-bond donors (Lipinski definition) is 0. The number of carbonyl (C=O) groups excluding carboxylic acids is 1. The summed E-state index contributed by atoms with van der Waals surface area (Å²) in [5.41, 5.74) is 0.933. The molecule has 3 nitrogen and oxygen atoms in total. The normalized spacial score (nSPS) is 22.0. The summed E-state index contributed by atoms with van der Waals surface area (Å²) in [7, 11) is 0. The Balaban J connectivity index is 1.74. The van der Waals surface area contributed by atoms with Crippen LogP contribution in [0.5, 0.6) is 5.75 Å². The number of hydrogen-bond acceptors (Lipinski definition) is 3. The Morgan fingerprint density at radius 1 is 1.24 bits per heavy atom. The van der Waals surface area contributed by atoms with Crippen molar-refractivity contribution in [2.24, 2.45) is 11.8 Å². The van der Waals surface area contributed by atoms with E-state index in [1.165, 1.54) is 38.5 Å². The second-order valence-electron chi connectivity index (χ2n) is 6.27. The minimum Gasteiger partial charge on any atom is -0.425 e. The zero-order valence-corrected chi connectivity index (χ0v) is 13.3. The van der Waals surface area contributed by atoms with Crippen molar-refractivity contribution < 1.29 is 9.53 Å². The summed E-state index contributed by atoms with van der Waals surface area (Å²) in [6, 6.07) is 3.68. The number of nitrogens with zero attached hydrogens (tertiary/aromatic N) is 1. The number of aryl methyl sites for hydroxylation is 1. The predicted octanol–water partition coefficient (Wildman–Crippen LogP) is 4.68.